The minimum absolute atomic E-state index is 0. The molecule has 0 saturated carbocycles. The maximum Gasteiger partial charge on any atom is 0.264 e. The Labute approximate surface area is 342 Å². The molecular formula is C43H49N2NaO6S2+. The molecule has 6 rings (SSSR count). The molecule has 0 unspecified atom stereocenters. The van der Waals surface area contributed by atoms with Crippen LogP contribution in [0.15, 0.2) is 121 Å². The van der Waals surface area contributed by atoms with Crippen LogP contribution in [-0.4, -0.2) is 90.4 Å². The van der Waals surface area contributed by atoms with E-state index in [4.69, 9.17) is 0 Å². The number of anilines is 1. The molecule has 0 aromatic heterocycles. The molecule has 0 fully saturated rings. The average molecular weight is 777 g/mol. The number of nitrogens with zero attached hydrogens (tertiary/aromatic N) is 2. The van der Waals surface area contributed by atoms with E-state index in [0.717, 1.165) is 22.8 Å². The predicted molar refractivity (Wildman–Crippen MR) is 224 cm³/mol. The van der Waals surface area contributed by atoms with Gasteiger partial charge in [-0.15, -0.1) is 0 Å². The van der Waals surface area contributed by atoms with Gasteiger partial charge in [0.15, 0.2) is 5.71 Å². The molecule has 2 aliphatic heterocycles. The fraction of sp³-hybridized carbons (Fsp3) is 0.326. The van der Waals surface area contributed by atoms with Crippen LogP contribution < -0.4 is 4.90 Å². The molecule has 0 atom stereocenters. The van der Waals surface area contributed by atoms with Crippen LogP contribution >= 0.6 is 0 Å². The Morgan fingerprint density at radius 1 is 0.648 bits per heavy atom. The van der Waals surface area contributed by atoms with Crippen molar-refractivity contribution in [2.75, 3.05) is 29.5 Å². The molecule has 11 heteroatoms. The summed E-state index contributed by atoms with van der Waals surface area (Å²) in [5, 5.41) is 4.75. The molecule has 2 N–H and O–H groups in total. The number of allylic oxidation sites excluding steroid dienone is 8. The zero-order valence-corrected chi connectivity index (χ0v) is 35.5. The minimum atomic E-state index is -4.01. The fourth-order valence-electron chi connectivity index (χ4n) is 8.15. The molecule has 8 nitrogen and oxygen atoms in total. The van der Waals surface area contributed by atoms with Crippen LogP contribution in [0.4, 0.5) is 11.4 Å². The maximum atomic E-state index is 11.4. The van der Waals surface area contributed by atoms with Crippen molar-refractivity contribution in [1.29, 1.82) is 0 Å². The normalized spacial score (nSPS) is 17.4. The summed E-state index contributed by atoms with van der Waals surface area (Å²) < 4.78 is 66.3. The van der Waals surface area contributed by atoms with Crippen molar-refractivity contribution in [3.63, 3.8) is 0 Å². The molecule has 0 spiro atoms. The monoisotopic (exact) mass is 776 g/mol. The summed E-state index contributed by atoms with van der Waals surface area (Å²) in [4.78, 5) is 2.28. The summed E-state index contributed by atoms with van der Waals surface area (Å²) in [7, 11) is -8.02. The number of rotatable bonds is 14. The Hall–Kier alpha value is -3.35. The Bertz CT molecular complexity index is 2430. The molecule has 4 aromatic carbocycles. The quantitative estimate of drug-likeness (QED) is 0.0433. The molecule has 2 heterocycles. The first-order valence-electron chi connectivity index (χ1n) is 18.2. The fourth-order valence-corrected chi connectivity index (χ4v) is 9.28. The molecule has 0 amide bonds. The van der Waals surface area contributed by atoms with Gasteiger partial charge in [0.05, 0.1) is 16.9 Å². The SMILES string of the molecule is CC1(C)C(/C=C/C=C/C=C/C=C2/N(CCCCS(=O)(=O)O)c3ccc4ccccc4c3C2(C)C)=[N+](CCCCS(=O)(=O)O)c2ccc3ccccc3c21.[Na]. The number of hydrogen-bond acceptors (Lipinski definition) is 5. The van der Waals surface area contributed by atoms with Gasteiger partial charge in [0.25, 0.3) is 20.2 Å². The zero-order chi connectivity index (χ0) is 38.0. The van der Waals surface area contributed by atoms with Gasteiger partial charge in [0.1, 0.15) is 6.54 Å². The third-order valence-corrected chi connectivity index (χ3v) is 12.1. The van der Waals surface area contributed by atoms with Gasteiger partial charge in [-0.05, 0) is 78.4 Å². The van der Waals surface area contributed by atoms with Crippen LogP contribution in [0.1, 0.15) is 64.5 Å². The summed E-state index contributed by atoms with van der Waals surface area (Å²) in [6, 6.07) is 25.3. The molecule has 0 saturated heterocycles. The van der Waals surface area contributed by atoms with E-state index in [1.165, 1.54) is 32.7 Å². The first kappa shape index (κ1) is 41.8. The molecule has 1 radical (unpaired) electrons. The van der Waals surface area contributed by atoms with Crippen molar-refractivity contribution in [2.24, 2.45) is 0 Å². The van der Waals surface area contributed by atoms with Crippen molar-refractivity contribution < 1.29 is 30.5 Å². The summed E-state index contributed by atoms with van der Waals surface area (Å²) in [5.74, 6) is -0.506. The molecule has 54 heavy (non-hydrogen) atoms. The number of benzene rings is 4. The molecular weight excluding hydrogens is 728 g/mol. The molecule has 2 aliphatic rings. The van der Waals surface area contributed by atoms with Crippen molar-refractivity contribution in [3.8, 4) is 0 Å². The number of unbranched alkanes of at least 4 members (excludes halogenated alkanes) is 2. The molecule has 0 bridgehead atoms. The number of fused-ring (bicyclic) bond motifs is 6. The second-order valence-electron chi connectivity index (χ2n) is 15.0. The van der Waals surface area contributed by atoms with Gasteiger partial charge in [-0.2, -0.15) is 21.4 Å². The van der Waals surface area contributed by atoms with Crippen molar-refractivity contribution >= 4 is 88.4 Å². The third kappa shape index (κ3) is 9.02. The first-order chi connectivity index (χ1) is 25.1. The van der Waals surface area contributed by atoms with Crippen LogP contribution in [0, 0.1) is 0 Å². The van der Waals surface area contributed by atoms with Crippen LogP contribution in [0.5, 0.6) is 0 Å². The van der Waals surface area contributed by atoms with Gasteiger partial charge in [0, 0.05) is 77.0 Å². The topological polar surface area (TPSA) is 115 Å². The van der Waals surface area contributed by atoms with Gasteiger partial charge in [-0.1, -0.05) is 98.8 Å². The van der Waals surface area contributed by atoms with E-state index >= 15 is 0 Å². The van der Waals surface area contributed by atoms with Gasteiger partial charge in [-0.25, -0.2) is 0 Å². The summed E-state index contributed by atoms with van der Waals surface area (Å²) in [6.07, 6.45) is 16.3. The second kappa shape index (κ2) is 16.8. The maximum absolute atomic E-state index is 11.4. The number of hydrogen-bond donors (Lipinski definition) is 2. The Morgan fingerprint density at radius 3 is 1.85 bits per heavy atom. The second-order valence-corrected chi connectivity index (χ2v) is 18.1. The molecule has 4 aromatic rings. The van der Waals surface area contributed by atoms with E-state index in [2.05, 4.69) is 110 Å². The third-order valence-electron chi connectivity index (χ3n) is 10.5. The van der Waals surface area contributed by atoms with E-state index in [0.29, 0.717) is 38.8 Å². The van der Waals surface area contributed by atoms with E-state index in [1.807, 2.05) is 42.5 Å². The van der Waals surface area contributed by atoms with Crippen molar-refractivity contribution in [3.05, 3.63) is 132 Å². The Morgan fingerprint density at radius 2 is 1.20 bits per heavy atom. The van der Waals surface area contributed by atoms with Crippen molar-refractivity contribution in [2.45, 2.75) is 64.2 Å². The van der Waals surface area contributed by atoms with E-state index in [9.17, 15) is 25.9 Å². The van der Waals surface area contributed by atoms with Gasteiger partial charge in [0.2, 0.25) is 5.69 Å². The minimum Gasteiger partial charge on any atom is -0.344 e. The largest absolute Gasteiger partial charge is 0.344 e. The van der Waals surface area contributed by atoms with Gasteiger partial charge >= 0.3 is 0 Å². The molecule has 279 valence electrons. The smallest absolute Gasteiger partial charge is 0.264 e. The van der Waals surface area contributed by atoms with E-state index < -0.39 is 20.2 Å². The predicted octanol–water partition coefficient (Wildman–Crippen LogP) is 8.67. The van der Waals surface area contributed by atoms with Crippen molar-refractivity contribution in [1.82, 2.24) is 0 Å². The van der Waals surface area contributed by atoms with E-state index in [1.54, 1.807) is 0 Å². The van der Waals surface area contributed by atoms with Crippen LogP contribution in [0.3, 0.4) is 0 Å². The van der Waals surface area contributed by atoms with Crippen LogP contribution in [-0.2, 0) is 31.1 Å². The first-order valence-corrected chi connectivity index (χ1v) is 21.4. The Kier molecular flexibility index (Phi) is 13.0. The molecule has 0 aliphatic carbocycles. The summed E-state index contributed by atoms with van der Waals surface area (Å²) >= 11 is 0. The standard InChI is InChI=1S/C43H48N2O6S2.Na/c1-42(2)38(44(28-14-16-30-52(46,47)48)36-26-24-32-18-10-12-20-34(32)40(36)42)22-8-6-5-7-9-23-39-43(3,4)41-35-21-13-11-19-33(35)25-27-37(41)45(39)29-15-17-31-53(49,50)51;/h5-13,18-27H,14-17,28-31H2,1-4H3,(H-,46,47,48,49,50,51);/p+1. The average Bonchev–Trinajstić information content (AvgIpc) is 3.45. The zero-order valence-electron chi connectivity index (χ0n) is 31.9. The van der Waals surface area contributed by atoms with Gasteiger partial charge in [-0.3, -0.25) is 9.11 Å². The van der Waals surface area contributed by atoms with Crippen LogP contribution in [0.2, 0.25) is 0 Å². The summed E-state index contributed by atoms with van der Waals surface area (Å²) in [5.41, 5.74) is 6.36. The Balaban J connectivity index is 0.00000561. The van der Waals surface area contributed by atoms with Gasteiger partial charge < -0.3 is 4.90 Å². The van der Waals surface area contributed by atoms with E-state index in [-0.39, 0.29) is 51.9 Å². The van der Waals surface area contributed by atoms with Crippen LogP contribution in [0.25, 0.3) is 21.5 Å². The summed E-state index contributed by atoms with van der Waals surface area (Å²) in [6.45, 7) is 10.2.